The van der Waals surface area contributed by atoms with Crippen molar-refractivity contribution in [3.8, 4) is 11.5 Å². The van der Waals surface area contributed by atoms with Gasteiger partial charge in [0.1, 0.15) is 0 Å². The minimum atomic E-state index is -0.363. The van der Waals surface area contributed by atoms with Crippen LogP contribution in [-0.2, 0) is 13.6 Å². The van der Waals surface area contributed by atoms with E-state index in [-0.39, 0.29) is 11.6 Å². The van der Waals surface area contributed by atoms with Crippen LogP contribution in [-0.4, -0.2) is 16.3 Å². The highest BCUT2D eigenvalue weighted by molar-refractivity contribution is 5.32. The predicted molar refractivity (Wildman–Crippen MR) is 76.2 cm³/mol. The van der Waals surface area contributed by atoms with Crippen LogP contribution in [0.3, 0.4) is 0 Å². The minimum absolute atomic E-state index is 0.214. The van der Waals surface area contributed by atoms with E-state index >= 15 is 0 Å². The molecule has 2 rings (SSSR count). The number of rotatable bonds is 6. The summed E-state index contributed by atoms with van der Waals surface area (Å²) in [5.41, 5.74) is 0.904. The Hall–Kier alpha value is -1.88. The molecule has 0 atom stereocenters. The van der Waals surface area contributed by atoms with Crippen molar-refractivity contribution >= 4 is 0 Å². The fourth-order valence-corrected chi connectivity index (χ4v) is 1.82. The maximum atomic E-state index is 13.9. The Balaban J connectivity index is 1.98. The first-order chi connectivity index (χ1) is 9.54. The Morgan fingerprint density at radius 2 is 2.20 bits per heavy atom. The highest BCUT2D eigenvalue weighted by Gasteiger charge is 2.07. The average molecular weight is 277 g/mol. The Morgan fingerprint density at radius 1 is 1.40 bits per heavy atom. The molecule has 0 unspecified atom stereocenters. The van der Waals surface area contributed by atoms with E-state index in [0.717, 1.165) is 12.1 Å². The lowest BCUT2D eigenvalue weighted by molar-refractivity contribution is 0.440. The molecule has 0 saturated heterocycles. The zero-order chi connectivity index (χ0) is 14.5. The third-order valence-electron chi connectivity index (χ3n) is 2.79. The molecule has 0 aliphatic heterocycles. The average Bonchev–Trinajstić information content (AvgIpc) is 2.78. The number of aromatic nitrogens is 2. The van der Waals surface area contributed by atoms with Crippen molar-refractivity contribution in [2.24, 2.45) is 13.0 Å². The number of halogens is 1. The Morgan fingerprint density at radius 3 is 2.80 bits per heavy atom. The van der Waals surface area contributed by atoms with Crippen LogP contribution in [0, 0.1) is 11.7 Å². The number of aryl methyl sites for hydroxylation is 1. The van der Waals surface area contributed by atoms with Crippen LogP contribution in [0.25, 0.3) is 0 Å². The van der Waals surface area contributed by atoms with Gasteiger partial charge in [0.25, 0.3) is 0 Å². The molecule has 108 valence electrons. The molecule has 20 heavy (non-hydrogen) atoms. The molecule has 0 spiro atoms. The van der Waals surface area contributed by atoms with Crippen molar-refractivity contribution < 1.29 is 9.13 Å². The van der Waals surface area contributed by atoms with Gasteiger partial charge in [-0.2, -0.15) is 5.10 Å². The second-order valence-corrected chi connectivity index (χ2v) is 5.24. The van der Waals surface area contributed by atoms with Gasteiger partial charge in [0.15, 0.2) is 17.3 Å². The maximum Gasteiger partial charge on any atom is 0.166 e. The van der Waals surface area contributed by atoms with E-state index in [4.69, 9.17) is 4.74 Å². The highest BCUT2D eigenvalue weighted by atomic mass is 19.1. The maximum absolute atomic E-state index is 13.9. The fourth-order valence-electron chi connectivity index (χ4n) is 1.82. The van der Waals surface area contributed by atoms with Crippen LogP contribution in [0.5, 0.6) is 11.5 Å². The molecule has 0 bridgehead atoms. The number of nitrogens with one attached hydrogen (secondary N) is 1. The standard InChI is InChI=1S/C15H20FN3O/c1-11(2)7-17-8-12-4-5-15(14(16)6-12)20-13-9-18-19(3)10-13/h4-6,9-11,17H,7-8H2,1-3H3. The first-order valence-electron chi connectivity index (χ1n) is 6.70. The molecule has 1 N–H and O–H groups in total. The molecule has 1 heterocycles. The summed E-state index contributed by atoms with van der Waals surface area (Å²) < 4.78 is 21.0. The predicted octanol–water partition coefficient (Wildman–Crippen LogP) is 3.10. The second-order valence-electron chi connectivity index (χ2n) is 5.24. The lowest BCUT2D eigenvalue weighted by Crippen LogP contribution is -2.18. The Kier molecular flexibility index (Phi) is 4.74. The van der Waals surface area contributed by atoms with Gasteiger partial charge in [0.05, 0.1) is 12.4 Å². The van der Waals surface area contributed by atoms with Crippen molar-refractivity contribution in [2.75, 3.05) is 6.54 Å². The SMILES string of the molecule is CC(C)CNCc1ccc(Oc2cnn(C)c2)c(F)c1. The number of nitrogens with zero attached hydrogens (tertiary/aromatic N) is 2. The second kappa shape index (κ2) is 6.52. The van der Waals surface area contributed by atoms with E-state index < -0.39 is 0 Å². The molecular formula is C15H20FN3O. The van der Waals surface area contributed by atoms with Gasteiger partial charge < -0.3 is 10.1 Å². The van der Waals surface area contributed by atoms with E-state index in [1.165, 1.54) is 6.07 Å². The van der Waals surface area contributed by atoms with Gasteiger partial charge in [0, 0.05) is 13.6 Å². The van der Waals surface area contributed by atoms with Crippen molar-refractivity contribution in [1.82, 2.24) is 15.1 Å². The van der Waals surface area contributed by atoms with Crippen LogP contribution >= 0.6 is 0 Å². The quantitative estimate of drug-likeness (QED) is 0.882. The molecule has 4 nitrogen and oxygen atoms in total. The van der Waals surface area contributed by atoms with Gasteiger partial charge in [0.2, 0.25) is 0 Å². The third kappa shape index (κ3) is 4.06. The van der Waals surface area contributed by atoms with Gasteiger partial charge in [-0.1, -0.05) is 19.9 Å². The molecule has 5 heteroatoms. The van der Waals surface area contributed by atoms with Gasteiger partial charge in [-0.3, -0.25) is 4.68 Å². The topological polar surface area (TPSA) is 39.1 Å². The summed E-state index contributed by atoms with van der Waals surface area (Å²) >= 11 is 0. The largest absolute Gasteiger partial charge is 0.451 e. The van der Waals surface area contributed by atoms with E-state index in [1.54, 1.807) is 30.2 Å². The first kappa shape index (κ1) is 14.5. The Bertz CT molecular complexity index is 566. The molecule has 1 aromatic heterocycles. The zero-order valence-corrected chi connectivity index (χ0v) is 12.1. The number of ether oxygens (including phenoxy) is 1. The normalized spacial score (nSPS) is 11.1. The molecule has 0 aliphatic rings. The van der Waals surface area contributed by atoms with Gasteiger partial charge in [-0.25, -0.2) is 4.39 Å². The summed E-state index contributed by atoms with van der Waals surface area (Å²) in [5.74, 6) is 0.952. The van der Waals surface area contributed by atoms with E-state index in [0.29, 0.717) is 18.2 Å². The van der Waals surface area contributed by atoms with Crippen molar-refractivity contribution in [2.45, 2.75) is 20.4 Å². The number of hydrogen-bond acceptors (Lipinski definition) is 3. The van der Waals surface area contributed by atoms with Crippen molar-refractivity contribution in [1.29, 1.82) is 0 Å². The summed E-state index contributed by atoms with van der Waals surface area (Å²) in [6.07, 6.45) is 3.25. The summed E-state index contributed by atoms with van der Waals surface area (Å²) in [6, 6.07) is 5.01. The molecule has 1 aromatic carbocycles. The number of benzene rings is 1. The molecule has 0 fully saturated rings. The summed E-state index contributed by atoms with van der Waals surface area (Å²) in [7, 11) is 1.78. The summed E-state index contributed by atoms with van der Waals surface area (Å²) in [5, 5.41) is 7.26. The minimum Gasteiger partial charge on any atom is -0.451 e. The molecule has 2 aromatic rings. The summed E-state index contributed by atoms with van der Waals surface area (Å²) in [6.45, 7) is 5.84. The monoisotopic (exact) mass is 277 g/mol. The fraction of sp³-hybridized carbons (Fsp3) is 0.400. The Labute approximate surface area is 118 Å². The molecule has 0 saturated carbocycles. The van der Waals surface area contributed by atoms with Gasteiger partial charge >= 0.3 is 0 Å². The highest BCUT2D eigenvalue weighted by Crippen LogP contribution is 2.24. The lowest BCUT2D eigenvalue weighted by atomic mass is 10.2. The van der Waals surface area contributed by atoms with E-state index in [9.17, 15) is 4.39 Å². The molecule has 0 amide bonds. The summed E-state index contributed by atoms with van der Waals surface area (Å²) in [4.78, 5) is 0. The molecular weight excluding hydrogens is 257 g/mol. The van der Waals surface area contributed by atoms with Crippen molar-refractivity contribution in [3.05, 3.63) is 42.0 Å². The molecule has 0 aliphatic carbocycles. The van der Waals surface area contributed by atoms with Crippen LogP contribution in [0.1, 0.15) is 19.4 Å². The third-order valence-corrected chi connectivity index (χ3v) is 2.79. The molecule has 0 radical (unpaired) electrons. The zero-order valence-electron chi connectivity index (χ0n) is 12.1. The lowest BCUT2D eigenvalue weighted by Gasteiger charge is -2.09. The van der Waals surface area contributed by atoms with Gasteiger partial charge in [-0.05, 0) is 30.2 Å². The first-order valence-corrected chi connectivity index (χ1v) is 6.70. The van der Waals surface area contributed by atoms with Crippen LogP contribution < -0.4 is 10.1 Å². The van der Waals surface area contributed by atoms with Crippen LogP contribution in [0.2, 0.25) is 0 Å². The van der Waals surface area contributed by atoms with E-state index in [2.05, 4.69) is 24.3 Å². The van der Waals surface area contributed by atoms with Crippen molar-refractivity contribution in [3.63, 3.8) is 0 Å². The number of hydrogen-bond donors (Lipinski definition) is 1. The van der Waals surface area contributed by atoms with Crippen LogP contribution in [0.4, 0.5) is 4.39 Å². The van der Waals surface area contributed by atoms with Crippen LogP contribution in [0.15, 0.2) is 30.6 Å². The smallest absolute Gasteiger partial charge is 0.166 e. The van der Waals surface area contributed by atoms with E-state index in [1.807, 2.05) is 6.07 Å². The van der Waals surface area contributed by atoms with Gasteiger partial charge in [-0.15, -0.1) is 0 Å².